The van der Waals surface area contributed by atoms with Crippen molar-refractivity contribution in [3.8, 4) is 0 Å². The monoisotopic (exact) mass is 533 g/mol. The molecule has 0 radical (unpaired) electrons. The summed E-state index contributed by atoms with van der Waals surface area (Å²) in [5.41, 5.74) is 12.0. The van der Waals surface area contributed by atoms with Crippen LogP contribution in [0.25, 0.3) is 27.6 Å². The summed E-state index contributed by atoms with van der Waals surface area (Å²) in [5, 5.41) is 13.0. The van der Waals surface area contributed by atoms with Crippen LogP contribution in [0, 0.1) is 11.7 Å². The predicted octanol–water partition coefficient (Wildman–Crippen LogP) is 5.21. The van der Waals surface area contributed by atoms with E-state index in [1.165, 1.54) is 12.1 Å². The Bertz CT molecular complexity index is 1430. The highest BCUT2D eigenvalue weighted by Crippen LogP contribution is 2.33. The Kier molecular flexibility index (Phi) is 8.90. The normalized spacial score (nSPS) is 15.2. The van der Waals surface area contributed by atoms with Gasteiger partial charge in [-0.05, 0) is 69.4 Å². The van der Waals surface area contributed by atoms with E-state index in [1.54, 1.807) is 30.3 Å². The summed E-state index contributed by atoms with van der Waals surface area (Å²) in [7, 11) is 1.79. The van der Waals surface area contributed by atoms with Crippen molar-refractivity contribution < 1.29 is 14.2 Å². The highest BCUT2D eigenvalue weighted by atomic mass is 19.1. The standard InChI is InChI=1S/C25H35N5O2.C6H5F/c1-16(26)24(29(4)27)19-12-22-23(28-14-19)20-6-5-18(13-25(2,3)31)11-21(20)30(22)15-17-7-9-32-10-8-17;7-6-4-2-1-3-5-6/h5-6,11-12,14,17,31H,7-10,13,15,26-27H2,1-4H3;1-5H/b24-16-;. The average molecular weight is 534 g/mol. The lowest BCUT2D eigenvalue weighted by atomic mass is 9.97. The summed E-state index contributed by atoms with van der Waals surface area (Å²) >= 11 is 0. The lowest BCUT2D eigenvalue weighted by Crippen LogP contribution is -2.26. The van der Waals surface area contributed by atoms with Gasteiger partial charge in [-0.1, -0.05) is 30.3 Å². The van der Waals surface area contributed by atoms with E-state index in [2.05, 4.69) is 28.8 Å². The van der Waals surface area contributed by atoms with Crippen molar-refractivity contribution in [1.82, 2.24) is 14.6 Å². The number of pyridine rings is 1. The van der Waals surface area contributed by atoms with Gasteiger partial charge >= 0.3 is 0 Å². The number of fused-ring (bicyclic) bond motifs is 3. The van der Waals surface area contributed by atoms with E-state index >= 15 is 0 Å². The molecule has 3 heterocycles. The molecule has 4 aromatic rings. The van der Waals surface area contributed by atoms with Crippen molar-refractivity contribution in [1.29, 1.82) is 0 Å². The van der Waals surface area contributed by atoms with Gasteiger partial charge in [0.05, 0.1) is 27.8 Å². The third-order valence-electron chi connectivity index (χ3n) is 6.92. The molecule has 0 aliphatic carbocycles. The first-order valence-corrected chi connectivity index (χ1v) is 13.4. The molecule has 0 unspecified atom stereocenters. The fourth-order valence-electron chi connectivity index (χ4n) is 5.24. The van der Waals surface area contributed by atoms with Crippen LogP contribution in [0.2, 0.25) is 0 Å². The van der Waals surface area contributed by atoms with Gasteiger partial charge < -0.3 is 25.2 Å². The molecule has 5 N–H and O–H groups in total. The Hall–Kier alpha value is -3.46. The summed E-state index contributed by atoms with van der Waals surface area (Å²) in [5.74, 6) is 6.45. The molecule has 208 valence electrons. The van der Waals surface area contributed by atoms with Crippen LogP contribution in [0.5, 0.6) is 0 Å². The number of hydrogen-bond acceptors (Lipinski definition) is 6. The van der Waals surface area contributed by atoms with Crippen LogP contribution in [0.4, 0.5) is 4.39 Å². The zero-order chi connectivity index (χ0) is 28.2. The Labute approximate surface area is 229 Å². The van der Waals surface area contributed by atoms with Crippen LogP contribution in [-0.4, -0.2) is 45.5 Å². The van der Waals surface area contributed by atoms with Crippen LogP contribution in [0.1, 0.15) is 44.7 Å². The minimum atomic E-state index is -0.763. The number of benzene rings is 2. The van der Waals surface area contributed by atoms with Gasteiger partial charge in [0.1, 0.15) is 5.82 Å². The van der Waals surface area contributed by atoms with Crippen molar-refractivity contribution in [2.45, 2.75) is 52.2 Å². The molecule has 0 amide bonds. The third-order valence-corrected chi connectivity index (χ3v) is 6.92. The molecule has 5 rings (SSSR count). The van der Waals surface area contributed by atoms with Gasteiger partial charge in [-0.15, -0.1) is 0 Å². The molecule has 1 aliphatic heterocycles. The van der Waals surface area contributed by atoms with Gasteiger partial charge in [-0.3, -0.25) is 4.98 Å². The smallest absolute Gasteiger partial charge is 0.123 e. The van der Waals surface area contributed by atoms with Gasteiger partial charge in [0.25, 0.3) is 0 Å². The lowest BCUT2D eigenvalue weighted by molar-refractivity contribution is 0.0619. The Morgan fingerprint density at radius 3 is 2.38 bits per heavy atom. The van der Waals surface area contributed by atoms with Crippen LogP contribution in [-0.2, 0) is 17.7 Å². The van der Waals surface area contributed by atoms with E-state index in [0.717, 1.165) is 71.4 Å². The molecule has 0 bridgehead atoms. The molecule has 2 aromatic heterocycles. The van der Waals surface area contributed by atoms with E-state index in [1.807, 2.05) is 27.0 Å². The summed E-state index contributed by atoms with van der Waals surface area (Å²) in [6, 6.07) is 16.5. The Morgan fingerprint density at radius 1 is 1.13 bits per heavy atom. The Morgan fingerprint density at radius 2 is 1.82 bits per heavy atom. The highest BCUT2D eigenvalue weighted by molar-refractivity contribution is 6.06. The molecule has 0 saturated carbocycles. The van der Waals surface area contributed by atoms with Crippen LogP contribution >= 0.6 is 0 Å². The summed E-state index contributed by atoms with van der Waals surface area (Å²) in [6.07, 6.45) is 4.55. The number of hydrazine groups is 1. The molecular weight excluding hydrogens is 493 g/mol. The fraction of sp³-hybridized carbons (Fsp3) is 0.387. The maximum absolute atomic E-state index is 11.9. The molecule has 8 heteroatoms. The van der Waals surface area contributed by atoms with Crippen LogP contribution < -0.4 is 11.6 Å². The third kappa shape index (κ3) is 7.15. The van der Waals surface area contributed by atoms with Crippen molar-refractivity contribution in [2.24, 2.45) is 17.5 Å². The average Bonchev–Trinajstić information content (AvgIpc) is 3.16. The molecule has 39 heavy (non-hydrogen) atoms. The van der Waals surface area contributed by atoms with E-state index in [9.17, 15) is 9.50 Å². The molecule has 1 aliphatic rings. The number of allylic oxidation sites excluding steroid dienone is 1. The molecule has 7 nitrogen and oxygen atoms in total. The number of halogens is 1. The summed E-state index contributed by atoms with van der Waals surface area (Å²) < 4.78 is 19.9. The first-order valence-electron chi connectivity index (χ1n) is 13.4. The van der Waals surface area contributed by atoms with Crippen LogP contribution in [0.3, 0.4) is 0 Å². The molecular formula is C31H40FN5O2. The molecule has 0 spiro atoms. The summed E-state index contributed by atoms with van der Waals surface area (Å²) in [4.78, 5) is 4.85. The second-order valence-corrected chi connectivity index (χ2v) is 11.0. The fourth-order valence-corrected chi connectivity index (χ4v) is 5.24. The van der Waals surface area contributed by atoms with Crippen molar-refractivity contribution in [2.75, 3.05) is 20.3 Å². The SMILES string of the molecule is C/C(N)=C(\c1cnc2c3ccc(CC(C)(C)O)cc3n(CC3CCOCC3)c2c1)N(C)N.Fc1ccccc1. The summed E-state index contributed by atoms with van der Waals surface area (Å²) in [6.45, 7) is 8.06. The predicted molar refractivity (Wildman–Crippen MR) is 156 cm³/mol. The number of aliphatic hydroxyl groups is 1. The molecule has 1 saturated heterocycles. The van der Waals surface area contributed by atoms with Gasteiger partial charge in [0.2, 0.25) is 0 Å². The first-order chi connectivity index (χ1) is 18.5. The Balaban J connectivity index is 0.000000438. The minimum Gasteiger partial charge on any atom is -0.401 e. The van der Waals surface area contributed by atoms with Gasteiger partial charge in [0.15, 0.2) is 0 Å². The van der Waals surface area contributed by atoms with Crippen molar-refractivity contribution in [3.05, 3.63) is 83.4 Å². The van der Waals surface area contributed by atoms with Crippen molar-refractivity contribution in [3.63, 3.8) is 0 Å². The van der Waals surface area contributed by atoms with E-state index in [0.29, 0.717) is 18.0 Å². The maximum atomic E-state index is 11.9. The van der Waals surface area contributed by atoms with E-state index in [-0.39, 0.29) is 5.82 Å². The highest BCUT2D eigenvalue weighted by Gasteiger charge is 2.21. The van der Waals surface area contributed by atoms with Gasteiger partial charge in [0, 0.05) is 56.1 Å². The first kappa shape index (κ1) is 28.5. The second kappa shape index (κ2) is 12.2. The largest absolute Gasteiger partial charge is 0.401 e. The zero-order valence-corrected chi connectivity index (χ0v) is 23.3. The number of aromatic nitrogens is 2. The minimum absolute atomic E-state index is 0.178. The molecule has 2 aromatic carbocycles. The van der Waals surface area contributed by atoms with E-state index in [4.69, 9.17) is 21.3 Å². The number of hydrogen-bond donors (Lipinski definition) is 3. The van der Waals surface area contributed by atoms with E-state index < -0.39 is 5.60 Å². The second-order valence-electron chi connectivity index (χ2n) is 11.0. The van der Waals surface area contributed by atoms with Crippen LogP contribution in [0.15, 0.2) is 66.5 Å². The van der Waals surface area contributed by atoms with Gasteiger partial charge in [-0.25, -0.2) is 10.2 Å². The molecule has 0 atom stereocenters. The van der Waals surface area contributed by atoms with Gasteiger partial charge in [-0.2, -0.15) is 0 Å². The number of ether oxygens (including phenoxy) is 1. The zero-order valence-electron chi connectivity index (χ0n) is 23.3. The molecule has 1 fully saturated rings. The number of rotatable bonds is 6. The van der Waals surface area contributed by atoms with Crippen molar-refractivity contribution >= 4 is 27.6 Å². The lowest BCUT2D eigenvalue weighted by Gasteiger charge is -2.24. The number of nitrogens with two attached hydrogens (primary N) is 2. The maximum Gasteiger partial charge on any atom is 0.123 e. The number of nitrogens with zero attached hydrogens (tertiary/aromatic N) is 3. The quantitative estimate of drug-likeness (QED) is 0.232. The topological polar surface area (TPSA) is 103 Å².